The number of aliphatic hydroxyl groups is 2. The van der Waals surface area contributed by atoms with Crippen LogP contribution >= 0.6 is 0 Å². The van der Waals surface area contributed by atoms with Gasteiger partial charge in [-0.1, -0.05) is 0 Å². The zero-order valence-corrected chi connectivity index (χ0v) is 12.5. The van der Waals surface area contributed by atoms with Crippen molar-refractivity contribution in [2.75, 3.05) is 0 Å². The van der Waals surface area contributed by atoms with E-state index < -0.39 is 17.3 Å². The van der Waals surface area contributed by atoms with Crippen molar-refractivity contribution >= 4 is 21.9 Å². The van der Waals surface area contributed by atoms with Crippen LogP contribution in [0.15, 0.2) is 44.2 Å². The van der Waals surface area contributed by atoms with Gasteiger partial charge in [-0.25, -0.2) is 4.79 Å². The first-order chi connectivity index (χ1) is 10.4. The summed E-state index contributed by atoms with van der Waals surface area (Å²) in [5, 5.41) is 21.6. The quantitative estimate of drug-likeness (QED) is 0.724. The van der Waals surface area contributed by atoms with Crippen LogP contribution in [0.3, 0.4) is 0 Å². The maximum absolute atomic E-state index is 11.4. The van der Waals surface area contributed by atoms with Crippen LogP contribution in [0.4, 0.5) is 0 Å². The average molecular weight is 302 g/mol. The van der Waals surface area contributed by atoms with Gasteiger partial charge in [0.15, 0.2) is 0 Å². The van der Waals surface area contributed by atoms with Gasteiger partial charge in [-0.05, 0) is 44.4 Å². The van der Waals surface area contributed by atoms with Crippen LogP contribution in [0, 0.1) is 0 Å². The van der Waals surface area contributed by atoms with Crippen LogP contribution in [-0.2, 0) is 6.42 Å². The van der Waals surface area contributed by atoms with Gasteiger partial charge in [0.25, 0.3) is 0 Å². The minimum atomic E-state index is -1.16. The summed E-state index contributed by atoms with van der Waals surface area (Å²) >= 11 is 0. The van der Waals surface area contributed by atoms with Gasteiger partial charge in [0, 0.05) is 22.9 Å². The fraction of sp³-hybridized carbons (Fsp3) is 0.353. The Morgan fingerprint density at radius 1 is 1.18 bits per heavy atom. The van der Waals surface area contributed by atoms with E-state index in [1.165, 1.54) is 6.07 Å². The molecule has 1 unspecified atom stereocenters. The summed E-state index contributed by atoms with van der Waals surface area (Å²) in [5.74, 6) is 0. The second-order valence-corrected chi connectivity index (χ2v) is 6.06. The SMILES string of the molecule is CC(C)(O)C(O)CCc1c2ccoc2cc2oc(=O)ccc12. The molecule has 2 heterocycles. The largest absolute Gasteiger partial charge is 0.464 e. The Kier molecular flexibility index (Phi) is 3.54. The number of hydrogen-bond acceptors (Lipinski definition) is 5. The lowest BCUT2D eigenvalue weighted by Crippen LogP contribution is -2.36. The summed E-state index contributed by atoms with van der Waals surface area (Å²) in [6.07, 6.45) is 1.66. The lowest BCUT2D eigenvalue weighted by molar-refractivity contribution is -0.0509. The number of aliphatic hydroxyl groups excluding tert-OH is 1. The molecule has 0 bridgehead atoms. The van der Waals surface area contributed by atoms with E-state index in [1.807, 2.05) is 6.07 Å². The number of benzene rings is 1. The van der Waals surface area contributed by atoms with Gasteiger partial charge in [-0.15, -0.1) is 0 Å². The Morgan fingerprint density at radius 3 is 2.64 bits per heavy atom. The fourth-order valence-electron chi connectivity index (χ4n) is 2.64. The number of rotatable bonds is 4. The van der Waals surface area contributed by atoms with Crippen LogP contribution in [0.2, 0.25) is 0 Å². The maximum Gasteiger partial charge on any atom is 0.336 e. The lowest BCUT2D eigenvalue weighted by atomic mass is 9.93. The highest BCUT2D eigenvalue weighted by Crippen LogP contribution is 2.30. The average Bonchev–Trinajstić information content (AvgIpc) is 2.89. The fourth-order valence-corrected chi connectivity index (χ4v) is 2.64. The molecule has 3 aromatic rings. The van der Waals surface area contributed by atoms with E-state index in [4.69, 9.17) is 8.83 Å². The van der Waals surface area contributed by atoms with Crippen LogP contribution in [-0.4, -0.2) is 21.9 Å². The van der Waals surface area contributed by atoms with Crippen molar-refractivity contribution in [2.24, 2.45) is 0 Å². The number of fused-ring (bicyclic) bond motifs is 2. The summed E-state index contributed by atoms with van der Waals surface area (Å²) in [6.45, 7) is 3.15. The molecular weight excluding hydrogens is 284 g/mol. The van der Waals surface area contributed by atoms with Gasteiger partial charge in [-0.2, -0.15) is 0 Å². The molecule has 116 valence electrons. The molecule has 0 saturated carbocycles. The summed E-state index contributed by atoms with van der Waals surface area (Å²) < 4.78 is 10.6. The molecular formula is C17H18O5. The van der Waals surface area contributed by atoms with Gasteiger partial charge in [0.1, 0.15) is 11.2 Å². The Morgan fingerprint density at radius 2 is 1.91 bits per heavy atom. The van der Waals surface area contributed by atoms with E-state index >= 15 is 0 Å². The van der Waals surface area contributed by atoms with Gasteiger partial charge >= 0.3 is 5.63 Å². The molecule has 0 spiro atoms. The number of furan rings is 1. The van der Waals surface area contributed by atoms with Crippen molar-refractivity contribution < 1.29 is 19.0 Å². The van der Waals surface area contributed by atoms with Crippen molar-refractivity contribution in [3.05, 3.63) is 46.5 Å². The molecule has 2 N–H and O–H groups in total. The predicted molar refractivity (Wildman–Crippen MR) is 82.9 cm³/mol. The molecule has 3 rings (SSSR count). The Hall–Kier alpha value is -2.11. The smallest absolute Gasteiger partial charge is 0.336 e. The Labute approximate surface area is 126 Å². The van der Waals surface area contributed by atoms with Gasteiger partial charge < -0.3 is 19.0 Å². The zero-order valence-electron chi connectivity index (χ0n) is 12.5. The Balaban J connectivity index is 2.08. The van der Waals surface area contributed by atoms with E-state index in [0.29, 0.717) is 24.0 Å². The van der Waals surface area contributed by atoms with E-state index in [0.717, 1.165) is 16.3 Å². The van der Waals surface area contributed by atoms with E-state index in [-0.39, 0.29) is 0 Å². The molecule has 2 aromatic heterocycles. The molecule has 0 amide bonds. The Bertz CT molecular complexity index is 866. The van der Waals surface area contributed by atoms with E-state index in [1.54, 1.807) is 32.2 Å². The molecule has 1 aromatic carbocycles. The molecule has 0 saturated heterocycles. The highest BCUT2D eigenvalue weighted by atomic mass is 16.4. The lowest BCUT2D eigenvalue weighted by Gasteiger charge is -2.24. The minimum Gasteiger partial charge on any atom is -0.464 e. The highest BCUT2D eigenvalue weighted by Gasteiger charge is 2.24. The molecule has 5 nitrogen and oxygen atoms in total. The molecule has 1 atom stereocenters. The minimum absolute atomic E-state index is 0.391. The van der Waals surface area contributed by atoms with Crippen molar-refractivity contribution in [2.45, 2.75) is 38.4 Å². The maximum atomic E-state index is 11.4. The standard InChI is InChI=1S/C17H18O5/c1-17(2,20)15(18)5-3-10-11-4-6-16(19)22-14(11)9-13-12(10)7-8-21-13/h4,6-9,15,18,20H,3,5H2,1-2H3. The van der Waals surface area contributed by atoms with Gasteiger partial charge in [0.2, 0.25) is 0 Å². The van der Waals surface area contributed by atoms with Crippen molar-refractivity contribution in [1.29, 1.82) is 0 Å². The molecule has 22 heavy (non-hydrogen) atoms. The van der Waals surface area contributed by atoms with E-state index in [2.05, 4.69) is 0 Å². The van der Waals surface area contributed by atoms with Crippen molar-refractivity contribution in [3.63, 3.8) is 0 Å². The molecule has 0 aliphatic carbocycles. The molecule has 0 radical (unpaired) electrons. The van der Waals surface area contributed by atoms with Crippen molar-refractivity contribution in [3.8, 4) is 0 Å². The molecule has 0 aliphatic heterocycles. The normalized spacial score (nSPS) is 13.8. The highest BCUT2D eigenvalue weighted by molar-refractivity contribution is 5.97. The van der Waals surface area contributed by atoms with Gasteiger partial charge in [0.05, 0.1) is 18.0 Å². The third kappa shape index (κ3) is 2.65. The first-order valence-electron chi connectivity index (χ1n) is 7.19. The van der Waals surface area contributed by atoms with Crippen LogP contribution in [0.1, 0.15) is 25.8 Å². The first-order valence-corrected chi connectivity index (χ1v) is 7.19. The zero-order chi connectivity index (χ0) is 15.9. The topological polar surface area (TPSA) is 83.8 Å². The molecule has 0 aliphatic rings. The predicted octanol–water partition coefficient (Wildman–Crippen LogP) is 2.60. The third-order valence-electron chi connectivity index (χ3n) is 3.95. The number of aryl methyl sites for hydroxylation is 1. The first kappa shape index (κ1) is 14.8. The summed E-state index contributed by atoms with van der Waals surface area (Å²) in [6, 6.07) is 6.65. The van der Waals surface area contributed by atoms with Gasteiger partial charge in [-0.3, -0.25) is 0 Å². The van der Waals surface area contributed by atoms with Crippen LogP contribution in [0.5, 0.6) is 0 Å². The van der Waals surface area contributed by atoms with Crippen LogP contribution in [0.25, 0.3) is 21.9 Å². The second kappa shape index (κ2) is 5.26. The molecule has 5 heteroatoms. The number of hydrogen-bond donors (Lipinski definition) is 2. The van der Waals surface area contributed by atoms with E-state index in [9.17, 15) is 15.0 Å². The summed E-state index contributed by atoms with van der Waals surface area (Å²) in [5.41, 5.74) is 0.457. The van der Waals surface area contributed by atoms with Crippen molar-refractivity contribution in [1.82, 2.24) is 0 Å². The monoisotopic (exact) mass is 302 g/mol. The third-order valence-corrected chi connectivity index (χ3v) is 3.95. The van der Waals surface area contributed by atoms with Crippen LogP contribution < -0.4 is 5.63 Å². The second-order valence-electron chi connectivity index (χ2n) is 6.06. The molecule has 0 fully saturated rings. The summed E-state index contributed by atoms with van der Waals surface area (Å²) in [7, 11) is 0. The summed E-state index contributed by atoms with van der Waals surface area (Å²) in [4.78, 5) is 11.4.